The molecule has 6 heteroatoms. The Morgan fingerprint density at radius 3 is 2.22 bits per heavy atom. The van der Waals surface area contributed by atoms with Gasteiger partial charge in [0.1, 0.15) is 17.5 Å². The van der Waals surface area contributed by atoms with Crippen LogP contribution in [0.3, 0.4) is 0 Å². The van der Waals surface area contributed by atoms with Gasteiger partial charge < -0.3 is 19.7 Å². The molecule has 1 atom stereocenters. The summed E-state index contributed by atoms with van der Waals surface area (Å²) in [7, 11) is 1.60. The summed E-state index contributed by atoms with van der Waals surface area (Å²) in [5.74, 6) is 1.26. The molecule has 36 heavy (non-hydrogen) atoms. The molecule has 0 saturated heterocycles. The first-order valence-corrected chi connectivity index (χ1v) is 12.4. The minimum atomic E-state index is -0.696. The van der Waals surface area contributed by atoms with Crippen molar-refractivity contribution in [1.82, 2.24) is 10.2 Å². The quantitative estimate of drug-likeness (QED) is 0.391. The van der Waals surface area contributed by atoms with Gasteiger partial charge in [0.15, 0.2) is 6.61 Å². The summed E-state index contributed by atoms with van der Waals surface area (Å²) in [5.41, 5.74) is 3.04. The van der Waals surface area contributed by atoms with Crippen LogP contribution in [0.2, 0.25) is 0 Å². The molecule has 2 amide bonds. The topological polar surface area (TPSA) is 67.9 Å². The molecule has 0 aliphatic carbocycles. The third kappa shape index (κ3) is 7.60. The van der Waals surface area contributed by atoms with Crippen molar-refractivity contribution in [2.75, 3.05) is 20.3 Å². The molecule has 0 aliphatic rings. The summed E-state index contributed by atoms with van der Waals surface area (Å²) < 4.78 is 11.2. The predicted molar refractivity (Wildman–Crippen MR) is 142 cm³/mol. The van der Waals surface area contributed by atoms with Crippen molar-refractivity contribution in [2.24, 2.45) is 0 Å². The van der Waals surface area contributed by atoms with Crippen LogP contribution in [-0.4, -0.2) is 43.0 Å². The van der Waals surface area contributed by atoms with E-state index in [9.17, 15) is 9.59 Å². The van der Waals surface area contributed by atoms with E-state index in [1.807, 2.05) is 85.8 Å². The minimum absolute atomic E-state index is 0.171. The third-order valence-electron chi connectivity index (χ3n) is 6.02. The average Bonchev–Trinajstić information content (AvgIpc) is 2.90. The highest BCUT2D eigenvalue weighted by atomic mass is 16.5. The van der Waals surface area contributed by atoms with Crippen molar-refractivity contribution in [3.63, 3.8) is 0 Å². The smallest absolute Gasteiger partial charge is 0.261 e. The summed E-state index contributed by atoms with van der Waals surface area (Å²) in [6.07, 6.45) is 0.394. The Hall–Kier alpha value is -3.80. The van der Waals surface area contributed by atoms with Crippen LogP contribution < -0.4 is 14.8 Å². The molecule has 6 nitrogen and oxygen atoms in total. The Kier molecular flexibility index (Phi) is 9.92. The standard InChI is InChI=1S/C30H36N2O4/c1-5-31-30(34)28(19-23-10-7-6-8-11-23)32(20-24-12-9-13-27(18-24)35-4)29(33)21-36-26-16-14-25(15-17-26)22(2)3/h6-18,22,28H,5,19-21H2,1-4H3,(H,31,34)/t28-/m1/s1. The van der Waals surface area contributed by atoms with Crippen molar-refractivity contribution in [3.05, 3.63) is 95.6 Å². The SMILES string of the molecule is CCNC(=O)[C@@H](Cc1ccccc1)N(Cc1cccc(OC)c1)C(=O)COc1ccc(C(C)C)cc1. The van der Waals surface area contributed by atoms with Gasteiger partial charge in [0.05, 0.1) is 7.11 Å². The lowest BCUT2D eigenvalue weighted by Gasteiger charge is -2.31. The number of ether oxygens (including phenoxy) is 2. The number of nitrogens with one attached hydrogen (secondary N) is 1. The molecule has 0 radical (unpaired) electrons. The Morgan fingerprint density at radius 1 is 0.889 bits per heavy atom. The van der Waals surface area contributed by atoms with Crippen LogP contribution in [0.5, 0.6) is 11.5 Å². The van der Waals surface area contributed by atoms with E-state index in [2.05, 4.69) is 19.2 Å². The summed E-state index contributed by atoms with van der Waals surface area (Å²) >= 11 is 0. The molecule has 3 aromatic rings. The fourth-order valence-corrected chi connectivity index (χ4v) is 3.99. The van der Waals surface area contributed by atoms with Crippen LogP contribution in [0.15, 0.2) is 78.9 Å². The molecule has 0 fully saturated rings. The highest BCUT2D eigenvalue weighted by molar-refractivity contribution is 5.88. The second-order valence-electron chi connectivity index (χ2n) is 8.99. The number of nitrogens with zero attached hydrogens (tertiary/aromatic N) is 1. The van der Waals surface area contributed by atoms with Crippen molar-refractivity contribution >= 4 is 11.8 Å². The predicted octanol–water partition coefficient (Wildman–Crippen LogP) is 4.97. The number of carbonyl (C=O) groups excluding carboxylic acids is 2. The number of methoxy groups -OCH3 is 1. The second-order valence-corrected chi connectivity index (χ2v) is 8.99. The summed E-state index contributed by atoms with van der Waals surface area (Å²) in [6, 6.07) is 24.3. The molecule has 3 aromatic carbocycles. The van der Waals surface area contributed by atoms with Gasteiger partial charge in [-0.1, -0.05) is 68.4 Å². The molecule has 0 heterocycles. The number of benzene rings is 3. The molecular formula is C30H36N2O4. The molecular weight excluding hydrogens is 452 g/mol. The van der Waals surface area contributed by atoms with Gasteiger partial charge >= 0.3 is 0 Å². The van der Waals surface area contributed by atoms with E-state index in [0.29, 0.717) is 30.4 Å². The zero-order chi connectivity index (χ0) is 25.9. The van der Waals surface area contributed by atoms with E-state index in [-0.39, 0.29) is 25.0 Å². The molecule has 1 N–H and O–H groups in total. The Bertz CT molecular complexity index is 1110. The van der Waals surface area contributed by atoms with Gasteiger partial charge in [-0.3, -0.25) is 9.59 Å². The number of rotatable bonds is 12. The maximum atomic E-state index is 13.6. The van der Waals surface area contributed by atoms with Gasteiger partial charge in [0, 0.05) is 19.5 Å². The van der Waals surface area contributed by atoms with Gasteiger partial charge in [0.25, 0.3) is 5.91 Å². The Labute approximate surface area is 214 Å². The highest BCUT2D eigenvalue weighted by Gasteiger charge is 2.30. The Morgan fingerprint density at radius 2 is 1.58 bits per heavy atom. The van der Waals surface area contributed by atoms with E-state index in [4.69, 9.17) is 9.47 Å². The van der Waals surface area contributed by atoms with Gasteiger partial charge in [-0.2, -0.15) is 0 Å². The number of carbonyl (C=O) groups is 2. The summed E-state index contributed by atoms with van der Waals surface area (Å²) in [5, 5.41) is 2.90. The first-order chi connectivity index (χ1) is 17.4. The van der Waals surface area contributed by atoms with Crippen LogP contribution in [0.4, 0.5) is 0 Å². The van der Waals surface area contributed by atoms with Crippen LogP contribution >= 0.6 is 0 Å². The zero-order valence-corrected chi connectivity index (χ0v) is 21.6. The van der Waals surface area contributed by atoms with Crippen molar-refractivity contribution in [1.29, 1.82) is 0 Å². The van der Waals surface area contributed by atoms with E-state index in [1.54, 1.807) is 12.0 Å². The van der Waals surface area contributed by atoms with Gasteiger partial charge in [0.2, 0.25) is 5.91 Å². The normalized spacial score (nSPS) is 11.6. The van der Waals surface area contributed by atoms with Crippen molar-refractivity contribution in [2.45, 2.75) is 45.7 Å². The van der Waals surface area contributed by atoms with Gasteiger partial charge in [-0.25, -0.2) is 0 Å². The van der Waals surface area contributed by atoms with Crippen LogP contribution in [0.1, 0.15) is 43.4 Å². The number of likely N-dealkylation sites (N-methyl/N-ethyl adjacent to an activating group) is 1. The maximum absolute atomic E-state index is 13.6. The van der Waals surface area contributed by atoms with E-state index in [0.717, 1.165) is 11.1 Å². The monoisotopic (exact) mass is 488 g/mol. The van der Waals surface area contributed by atoms with E-state index >= 15 is 0 Å². The van der Waals surface area contributed by atoms with Crippen LogP contribution in [0.25, 0.3) is 0 Å². The lowest BCUT2D eigenvalue weighted by molar-refractivity contribution is -0.142. The molecule has 0 aromatic heterocycles. The molecule has 0 unspecified atom stereocenters. The first-order valence-electron chi connectivity index (χ1n) is 12.4. The second kappa shape index (κ2) is 13.3. The minimum Gasteiger partial charge on any atom is -0.497 e. The molecule has 0 aliphatic heterocycles. The third-order valence-corrected chi connectivity index (χ3v) is 6.02. The highest BCUT2D eigenvalue weighted by Crippen LogP contribution is 2.21. The molecule has 0 spiro atoms. The first kappa shape index (κ1) is 26.8. The molecule has 190 valence electrons. The lowest BCUT2D eigenvalue weighted by atomic mass is 10.0. The van der Waals surface area contributed by atoms with Crippen LogP contribution in [0, 0.1) is 0 Å². The van der Waals surface area contributed by atoms with Gasteiger partial charge in [-0.15, -0.1) is 0 Å². The fourth-order valence-electron chi connectivity index (χ4n) is 3.99. The van der Waals surface area contributed by atoms with Crippen LogP contribution in [-0.2, 0) is 22.6 Å². The van der Waals surface area contributed by atoms with Gasteiger partial charge in [-0.05, 0) is 53.8 Å². The fraction of sp³-hybridized carbons (Fsp3) is 0.333. The van der Waals surface area contributed by atoms with Crippen molar-refractivity contribution < 1.29 is 19.1 Å². The largest absolute Gasteiger partial charge is 0.497 e. The number of hydrogen-bond acceptors (Lipinski definition) is 4. The molecule has 3 rings (SSSR count). The maximum Gasteiger partial charge on any atom is 0.261 e. The lowest BCUT2D eigenvalue weighted by Crippen LogP contribution is -2.51. The Balaban J connectivity index is 1.87. The summed E-state index contributed by atoms with van der Waals surface area (Å²) in [4.78, 5) is 28.4. The number of hydrogen-bond donors (Lipinski definition) is 1. The zero-order valence-electron chi connectivity index (χ0n) is 21.6. The van der Waals surface area contributed by atoms with E-state index < -0.39 is 6.04 Å². The average molecular weight is 489 g/mol. The van der Waals surface area contributed by atoms with Crippen molar-refractivity contribution in [3.8, 4) is 11.5 Å². The van der Waals surface area contributed by atoms with E-state index in [1.165, 1.54) is 5.56 Å². The number of amides is 2. The summed E-state index contributed by atoms with van der Waals surface area (Å²) in [6.45, 7) is 6.68. The molecule has 0 saturated carbocycles. The molecule has 0 bridgehead atoms.